The molecule has 0 aromatic carbocycles. The second-order valence-corrected chi connectivity index (χ2v) is 4.49. The minimum Gasteiger partial charge on any atom is -0.341 e. The fourth-order valence-corrected chi connectivity index (χ4v) is 2.30. The minimum absolute atomic E-state index is 0.137. The number of carbonyl (C=O) groups is 1. The Balaban J connectivity index is 2.31. The lowest BCUT2D eigenvalue weighted by molar-refractivity contribution is -0.135. The first-order valence-electron chi connectivity index (χ1n) is 5.34. The van der Waals surface area contributed by atoms with Crippen molar-refractivity contribution in [3.63, 3.8) is 0 Å². The summed E-state index contributed by atoms with van der Waals surface area (Å²) in [5, 5.41) is 0. The topological polar surface area (TPSA) is 22.0 Å². The van der Waals surface area contributed by atoms with Gasteiger partial charge in [-0.25, -0.2) is 0 Å². The highest BCUT2D eigenvalue weighted by atomic mass is 16.1. The average molecular weight is 191 g/mol. The predicted octanol–water partition coefficient (Wildman–Crippen LogP) is 2.59. The van der Waals surface area contributed by atoms with E-state index in [2.05, 4.69) is 4.57 Å². The average Bonchev–Trinajstić information content (AvgIpc) is 2.55. The first-order chi connectivity index (χ1) is 6.67. The van der Waals surface area contributed by atoms with E-state index in [1.807, 2.05) is 38.4 Å². The van der Waals surface area contributed by atoms with Crippen LogP contribution in [0.4, 0.5) is 0 Å². The van der Waals surface area contributed by atoms with Crippen LogP contribution < -0.4 is 0 Å². The molecule has 0 spiro atoms. The molecule has 1 fully saturated rings. The Bertz CT molecular complexity index is 320. The maximum Gasteiger partial charge on any atom is 0.161 e. The van der Waals surface area contributed by atoms with E-state index in [-0.39, 0.29) is 11.5 Å². The third kappa shape index (κ3) is 1.21. The first-order valence-corrected chi connectivity index (χ1v) is 5.34. The van der Waals surface area contributed by atoms with Crippen LogP contribution in [0.25, 0.3) is 0 Å². The van der Waals surface area contributed by atoms with E-state index in [1.165, 1.54) is 6.42 Å². The molecule has 1 aliphatic carbocycles. The Morgan fingerprint density at radius 1 is 1.29 bits per heavy atom. The van der Waals surface area contributed by atoms with Gasteiger partial charge in [0.2, 0.25) is 0 Å². The van der Waals surface area contributed by atoms with Crippen LogP contribution >= 0.6 is 0 Å². The highest BCUT2D eigenvalue weighted by Gasteiger charge is 2.45. The highest BCUT2D eigenvalue weighted by Crippen LogP contribution is 2.41. The van der Waals surface area contributed by atoms with Crippen LogP contribution in [-0.4, -0.2) is 10.4 Å². The Labute approximate surface area is 84.9 Å². The standard InChI is InChI=1S/C12H17NO/c1-10(2)11(14)12(6-5-7-12)13-8-3-4-9-13/h3-4,8-10H,5-7H2,1-2H3. The summed E-state index contributed by atoms with van der Waals surface area (Å²) >= 11 is 0. The summed E-state index contributed by atoms with van der Waals surface area (Å²) in [6.07, 6.45) is 7.23. The molecule has 2 rings (SSSR count). The number of Topliss-reactive ketones (excluding diaryl/α,β-unsaturated/α-hetero) is 1. The van der Waals surface area contributed by atoms with Gasteiger partial charge < -0.3 is 4.57 Å². The van der Waals surface area contributed by atoms with Crippen molar-refractivity contribution < 1.29 is 4.79 Å². The molecule has 1 aromatic heterocycles. The SMILES string of the molecule is CC(C)C(=O)C1(n2cccc2)CCC1. The molecule has 1 heterocycles. The van der Waals surface area contributed by atoms with E-state index < -0.39 is 0 Å². The zero-order valence-electron chi connectivity index (χ0n) is 8.86. The number of ketones is 1. The highest BCUT2D eigenvalue weighted by molar-refractivity contribution is 5.89. The van der Waals surface area contributed by atoms with Crippen LogP contribution in [0.5, 0.6) is 0 Å². The van der Waals surface area contributed by atoms with Gasteiger partial charge in [0.15, 0.2) is 5.78 Å². The Kier molecular flexibility index (Phi) is 2.22. The van der Waals surface area contributed by atoms with E-state index in [0.717, 1.165) is 12.8 Å². The van der Waals surface area contributed by atoms with E-state index in [9.17, 15) is 4.79 Å². The summed E-state index contributed by atoms with van der Waals surface area (Å²) in [5.41, 5.74) is -0.197. The third-order valence-corrected chi connectivity index (χ3v) is 3.26. The van der Waals surface area contributed by atoms with Gasteiger partial charge in [0.1, 0.15) is 5.54 Å². The van der Waals surface area contributed by atoms with Crippen molar-refractivity contribution in [1.82, 2.24) is 4.57 Å². The van der Waals surface area contributed by atoms with Gasteiger partial charge in [0, 0.05) is 18.3 Å². The monoisotopic (exact) mass is 191 g/mol. The number of hydrogen-bond acceptors (Lipinski definition) is 1. The van der Waals surface area contributed by atoms with Gasteiger partial charge in [-0.05, 0) is 31.4 Å². The second-order valence-electron chi connectivity index (χ2n) is 4.49. The third-order valence-electron chi connectivity index (χ3n) is 3.26. The van der Waals surface area contributed by atoms with Crippen molar-refractivity contribution in [2.45, 2.75) is 38.6 Å². The fraction of sp³-hybridized carbons (Fsp3) is 0.583. The van der Waals surface area contributed by atoms with E-state index in [1.54, 1.807) is 0 Å². The summed E-state index contributed by atoms with van der Waals surface area (Å²) in [5.74, 6) is 0.526. The number of nitrogens with zero attached hydrogens (tertiary/aromatic N) is 1. The Hall–Kier alpha value is -1.05. The first kappa shape index (κ1) is 9.50. The van der Waals surface area contributed by atoms with Crippen LogP contribution in [-0.2, 0) is 10.3 Å². The van der Waals surface area contributed by atoms with Crippen LogP contribution in [0.3, 0.4) is 0 Å². The molecule has 0 amide bonds. The van der Waals surface area contributed by atoms with Crippen LogP contribution in [0.2, 0.25) is 0 Å². The van der Waals surface area contributed by atoms with Gasteiger partial charge in [-0.15, -0.1) is 0 Å². The molecule has 14 heavy (non-hydrogen) atoms. The molecule has 0 radical (unpaired) electrons. The second kappa shape index (κ2) is 3.26. The molecule has 1 aromatic rings. The lowest BCUT2D eigenvalue weighted by atomic mass is 9.70. The Morgan fingerprint density at radius 2 is 1.86 bits per heavy atom. The fourth-order valence-electron chi connectivity index (χ4n) is 2.30. The zero-order chi connectivity index (χ0) is 10.2. The molecule has 1 aliphatic rings. The summed E-state index contributed by atoms with van der Waals surface area (Å²) in [4.78, 5) is 12.1. The number of aromatic nitrogens is 1. The van der Waals surface area contributed by atoms with Crippen LogP contribution in [0.1, 0.15) is 33.1 Å². The molecule has 0 atom stereocenters. The quantitative estimate of drug-likeness (QED) is 0.719. The molecule has 2 nitrogen and oxygen atoms in total. The van der Waals surface area contributed by atoms with Gasteiger partial charge in [0.05, 0.1) is 0 Å². The predicted molar refractivity (Wildman–Crippen MR) is 56.1 cm³/mol. The molecule has 0 aliphatic heterocycles. The molecule has 0 N–H and O–H groups in total. The van der Waals surface area contributed by atoms with Crippen LogP contribution in [0, 0.1) is 5.92 Å². The van der Waals surface area contributed by atoms with Crippen molar-refractivity contribution in [3.8, 4) is 0 Å². The lowest BCUT2D eigenvalue weighted by Gasteiger charge is -2.43. The molecule has 76 valence electrons. The summed E-state index contributed by atoms with van der Waals surface area (Å²) in [6, 6.07) is 3.99. The summed E-state index contributed by atoms with van der Waals surface area (Å²) in [6.45, 7) is 3.98. The van der Waals surface area contributed by atoms with Crippen molar-refractivity contribution in [1.29, 1.82) is 0 Å². The van der Waals surface area contributed by atoms with Gasteiger partial charge in [-0.2, -0.15) is 0 Å². The van der Waals surface area contributed by atoms with Crippen molar-refractivity contribution in [2.75, 3.05) is 0 Å². The molecule has 0 unspecified atom stereocenters. The molecule has 0 saturated heterocycles. The number of rotatable bonds is 3. The number of hydrogen-bond donors (Lipinski definition) is 0. The maximum absolute atomic E-state index is 12.1. The van der Waals surface area contributed by atoms with Crippen LogP contribution in [0.15, 0.2) is 24.5 Å². The Morgan fingerprint density at radius 3 is 2.21 bits per heavy atom. The van der Waals surface area contributed by atoms with Gasteiger partial charge >= 0.3 is 0 Å². The van der Waals surface area contributed by atoms with E-state index in [4.69, 9.17) is 0 Å². The van der Waals surface area contributed by atoms with Gasteiger partial charge in [-0.1, -0.05) is 13.8 Å². The molecular weight excluding hydrogens is 174 g/mol. The van der Waals surface area contributed by atoms with Crippen molar-refractivity contribution >= 4 is 5.78 Å². The van der Waals surface area contributed by atoms with Gasteiger partial charge in [-0.3, -0.25) is 4.79 Å². The lowest BCUT2D eigenvalue weighted by Crippen LogP contribution is -2.49. The molecule has 1 saturated carbocycles. The zero-order valence-corrected chi connectivity index (χ0v) is 8.86. The molecule has 0 bridgehead atoms. The van der Waals surface area contributed by atoms with Crippen molar-refractivity contribution in [2.24, 2.45) is 5.92 Å². The van der Waals surface area contributed by atoms with E-state index >= 15 is 0 Å². The number of carbonyl (C=O) groups excluding carboxylic acids is 1. The minimum atomic E-state index is -0.197. The normalized spacial score (nSPS) is 19.4. The molecule has 2 heteroatoms. The van der Waals surface area contributed by atoms with E-state index in [0.29, 0.717) is 5.78 Å². The summed E-state index contributed by atoms with van der Waals surface area (Å²) < 4.78 is 2.10. The maximum atomic E-state index is 12.1. The smallest absolute Gasteiger partial charge is 0.161 e. The van der Waals surface area contributed by atoms with Crippen molar-refractivity contribution in [3.05, 3.63) is 24.5 Å². The molecular formula is C12H17NO. The largest absolute Gasteiger partial charge is 0.341 e. The van der Waals surface area contributed by atoms with Gasteiger partial charge in [0.25, 0.3) is 0 Å². The summed E-state index contributed by atoms with van der Waals surface area (Å²) in [7, 11) is 0.